The van der Waals surface area contributed by atoms with E-state index in [0.717, 1.165) is 11.6 Å². The number of ketones is 1. The van der Waals surface area contributed by atoms with Gasteiger partial charge in [-0.15, -0.1) is 0 Å². The summed E-state index contributed by atoms with van der Waals surface area (Å²) in [5.41, 5.74) is 1.09. The molecule has 0 aliphatic heterocycles. The van der Waals surface area contributed by atoms with Gasteiger partial charge >= 0.3 is 0 Å². The highest BCUT2D eigenvalue weighted by molar-refractivity contribution is 6.00. The second kappa shape index (κ2) is 5.16. The smallest absolute Gasteiger partial charge is 0.170 e. The predicted octanol–water partition coefficient (Wildman–Crippen LogP) is 2.80. The fourth-order valence-electron chi connectivity index (χ4n) is 1.36. The first kappa shape index (κ1) is 12.0. The van der Waals surface area contributed by atoms with Gasteiger partial charge in [-0.2, -0.15) is 0 Å². The normalized spacial score (nSPS) is 11.2. The molecule has 84 valence electrons. The highest BCUT2D eigenvalue weighted by Crippen LogP contribution is 2.24. The number of rotatable bonds is 4. The summed E-state index contributed by atoms with van der Waals surface area (Å²) in [5, 5.41) is 18.6. The third kappa shape index (κ3) is 2.98. The molecular formula is C13H14O3. The standard InChI is InChI=1S/C13H14O3/c1-3-4-9(2)7-12(15)11-6-5-10(14)8-13(11)16/h3-6,8,14,16H,1,7H2,2H3/b9-4+. The molecule has 0 aromatic heterocycles. The monoisotopic (exact) mass is 218 g/mol. The molecule has 1 aromatic rings. The summed E-state index contributed by atoms with van der Waals surface area (Å²) in [6.45, 7) is 5.36. The molecule has 0 atom stereocenters. The van der Waals surface area contributed by atoms with Gasteiger partial charge in [-0.1, -0.05) is 24.3 Å². The van der Waals surface area contributed by atoms with Gasteiger partial charge in [0.15, 0.2) is 5.78 Å². The van der Waals surface area contributed by atoms with Gasteiger partial charge in [-0.25, -0.2) is 0 Å². The Bertz CT molecular complexity index is 444. The number of aromatic hydroxyl groups is 2. The van der Waals surface area contributed by atoms with Crippen molar-refractivity contribution in [2.24, 2.45) is 0 Å². The van der Waals surface area contributed by atoms with Gasteiger partial charge in [0.2, 0.25) is 0 Å². The Hall–Kier alpha value is -2.03. The number of allylic oxidation sites excluding steroid dienone is 3. The molecule has 1 rings (SSSR count). The zero-order chi connectivity index (χ0) is 12.1. The van der Waals surface area contributed by atoms with Gasteiger partial charge < -0.3 is 10.2 Å². The second-order valence-electron chi connectivity index (χ2n) is 3.55. The molecule has 0 unspecified atom stereocenters. The summed E-state index contributed by atoms with van der Waals surface area (Å²) in [7, 11) is 0. The summed E-state index contributed by atoms with van der Waals surface area (Å²) in [5.74, 6) is -0.447. The fourth-order valence-corrected chi connectivity index (χ4v) is 1.36. The van der Waals surface area contributed by atoms with E-state index in [0.29, 0.717) is 0 Å². The maximum atomic E-state index is 11.7. The summed E-state index contributed by atoms with van der Waals surface area (Å²) in [4.78, 5) is 11.7. The summed E-state index contributed by atoms with van der Waals surface area (Å²) in [6, 6.07) is 3.94. The van der Waals surface area contributed by atoms with Crippen molar-refractivity contribution in [3.63, 3.8) is 0 Å². The van der Waals surface area contributed by atoms with Gasteiger partial charge in [-0.3, -0.25) is 4.79 Å². The van der Waals surface area contributed by atoms with Crippen LogP contribution in [0.15, 0.2) is 42.5 Å². The molecule has 2 N–H and O–H groups in total. The van der Waals surface area contributed by atoms with Crippen molar-refractivity contribution in [1.82, 2.24) is 0 Å². The first-order valence-electron chi connectivity index (χ1n) is 4.88. The predicted molar refractivity (Wildman–Crippen MR) is 62.7 cm³/mol. The van der Waals surface area contributed by atoms with E-state index in [-0.39, 0.29) is 29.3 Å². The number of benzene rings is 1. The third-order valence-corrected chi connectivity index (χ3v) is 2.12. The lowest BCUT2D eigenvalue weighted by molar-refractivity contribution is 0.0990. The molecule has 0 fully saturated rings. The Balaban J connectivity index is 2.89. The second-order valence-corrected chi connectivity index (χ2v) is 3.55. The van der Waals surface area contributed by atoms with Crippen LogP contribution in [0.25, 0.3) is 0 Å². The molecule has 0 amide bonds. The molecule has 3 nitrogen and oxygen atoms in total. The fraction of sp³-hybridized carbons (Fsp3) is 0.154. The number of carbonyl (C=O) groups excluding carboxylic acids is 1. The summed E-state index contributed by atoms with van der Waals surface area (Å²) in [6.07, 6.45) is 3.58. The van der Waals surface area contributed by atoms with Crippen LogP contribution < -0.4 is 0 Å². The molecule has 0 aliphatic carbocycles. The van der Waals surface area contributed by atoms with Crippen LogP contribution in [0.4, 0.5) is 0 Å². The molecule has 0 saturated heterocycles. The van der Waals surface area contributed by atoms with Crippen LogP contribution in [0.2, 0.25) is 0 Å². The van der Waals surface area contributed by atoms with Crippen molar-refractivity contribution in [2.45, 2.75) is 13.3 Å². The zero-order valence-electron chi connectivity index (χ0n) is 9.10. The Morgan fingerprint density at radius 3 is 2.69 bits per heavy atom. The van der Waals surface area contributed by atoms with Crippen molar-refractivity contribution in [2.75, 3.05) is 0 Å². The molecule has 1 aromatic carbocycles. The summed E-state index contributed by atoms with van der Waals surface area (Å²) >= 11 is 0. The zero-order valence-corrected chi connectivity index (χ0v) is 9.10. The lowest BCUT2D eigenvalue weighted by Crippen LogP contribution is -1.99. The topological polar surface area (TPSA) is 57.5 Å². The van der Waals surface area contributed by atoms with Crippen molar-refractivity contribution in [1.29, 1.82) is 0 Å². The Labute approximate surface area is 94.4 Å². The molecule has 16 heavy (non-hydrogen) atoms. The minimum absolute atomic E-state index is 0.0626. The number of carbonyl (C=O) groups is 1. The van der Waals surface area contributed by atoms with Gasteiger partial charge in [0.25, 0.3) is 0 Å². The van der Waals surface area contributed by atoms with Crippen LogP contribution in [0.3, 0.4) is 0 Å². The van der Waals surface area contributed by atoms with E-state index < -0.39 is 0 Å². The van der Waals surface area contributed by atoms with Crippen LogP contribution >= 0.6 is 0 Å². The van der Waals surface area contributed by atoms with Crippen molar-refractivity contribution < 1.29 is 15.0 Å². The van der Waals surface area contributed by atoms with Gasteiger partial charge in [0, 0.05) is 12.5 Å². The van der Waals surface area contributed by atoms with Crippen molar-refractivity contribution >= 4 is 5.78 Å². The van der Waals surface area contributed by atoms with E-state index in [1.807, 2.05) is 6.92 Å². The highest BCUT2D eigenvalue weighted by Gasteiger charge is 2.11. The van der Waals surface area contributed by atoms with Crippen LogP contribution in [-0.2, 0) is 0 Å². The molecule has 0 aliphatic rings. The number of phenols is 2. The van der Waals surface area contributed by atoms with E-state index in [2.05, 4.69) is 6.58 Å². The minimum Gasteiger partial charge on any atom is -0.508 e. The number of hydrogen-bond acceptors (Lipinski definition) is 3. The molecule has 0 radical (unpaired) electrons. The quantitative estimate of drug-likeness (QED) is 0.603. The minimum atomic E-state index is -0.198. The van der Waals surface area contributed by atoms with Crippen LogP contribution in [0.1, 0.15) is 23.7 Å². The van der Waals surface area contributed by atoms with Crippen LogP contribution in [-0.4, -0.2) is 16.0 Å². The lowest BCUT2D eigenvalue weighted by atomic mass is 10.0. The largest absolute Gasteiger partial charge is 0.508 e. The Morgan fingerprint density at radius 2 is 2.12 bits per heavy atom. The van der Waals surface area contributed by atoms with E-state index in [1.54, 1.807) is 12.2 Å². The average Bonchev–Trinajstić information content (AvgIpc) is 2.17. The molecule has 0 heterocycles. The van der Waals surface area contributed by atoms with E-state index in [1.165, 1.54) is 12.1 Å². The van der Waals surface area contributed by atoms with E-state index >= 15 is 0 Å². The van der Waals surface area contributed by atoms with Crippen molar-refractivity contribution in [3.05, 3.63) is 48.1 Å². The van der Waals surface area contributed by atoms with Gasteiger partial charge in [-0.05, 0) is 19.1 Å². The maximum Gasteiger partial charge on any atom is 0.170 e. The highest BCUT2D eigenvalue weighted by atomic mass is 16.3. The van der Waals surface area contributed by atoms with Crippen LogP contribution in [0.5, 0.6) is 11.5 Å². The average molecular weight is 218 g/mol. The Morgan fingerprint density at radius 1 is 1.44 bits per heavy atom. The molecule has 3 heteroatoms. The van der Waals surface area contributed by atoms with Gasteiger partial charge in [0.05, 0.1) is 5.56 Å². The Kier molecular flexibility index (Phi) is 3.89. The third-order valence-electron chi connectivity index (χ3n) is 2.12. The summed E-state index contributed by atoms with van der Waals surface area (Å²) < 4.78 is 0. The van der Waals surface area contributed by atoms with Crippen LogP contribution in [0, 0.1) is 0 Å². The lowest BCUT2D eigenvalue weighted by Gasteiger charge is -2.04. The van der Waals surface area contributed by atoms with Crippen molar-refractivity contribution in [3.8, 4) is 11.5 Å². The molecule has 0 saturated carbocycles. The van der Waals surface area contributed by atoms with Gasteiger partial charge in [0.1, 0.15) is 11.5 Å². The molecule has 0 spiro atoms. The molecular weight excluding hydrogens is 204 g/mol. The SMILES string of the molecule is C=C/C=C(\C)CC(=O)c1ccc(O)cc1O. The number of Topliss-reactive ketones (excluding diaryl/α,β-unsaturated/α-hetero) is 1. The first-order valence-corrected chi connectivity index (χ1v) is 4.88. The van der Waals surface area contributed by atoms with E-state index in [9.17, 15) is 9.90 Å². The number of hydrogen-bond donors (Lipinski definition) is 2. The van der Waals surface area contributed by atoms with E-state index in [4.69, 9.17) is 5.11 Å². The molecule has 0 bridgehead atoms. The number of phenolic OH excluding ortho intramolecular Hbond substituents is 2. The first-order chi connectivity index (χ1) is 7.54. The maximum absolute atomic E-state index is 11.7.